The molecule has 0 aliphatic carbocycles. The molecule has 0 radical (unpaired) electrons. The molecular weight excluding hydrogens is 438 g/mol. The minimum Gasteiger partial charge on any atom is -0.444 e. The molecule has 7 nitrogen and oxygen atoms in total. The highest BCUT2D eigenvalue weighted by Crippen LogP contribution is 2.36. The van der Waals surface area contributed by atoms with Gasteiger partial charge in [0.05, 0.1) is 17.6 Å². The van der Waals surface area contributed by atoms with Crippen molar-refractivity contribution < 1.29 is 28.0 Å². The molecule has 1 N–H and O–H groups in total. The van der Waals surface area contributed by atoms with Gasteiger partial charge in [0, 0.05) is 19.6 Å². The molecule has 2 aliphatic rings. The van der Waals surface area contributed by atoms with E-state index in [2.05, 4.69) is 5.32 Å². The largest absolute Gasteiger partial charge is 0.495 e. The molecule has 3 rings (SSSR count). The van der Waals surface area contributed by atoms with Gasteiger partial charge in [0.1, 0.15) is 11.4 Å². The number of ether oxygens (including phenoxy) is 1. The Labute approximate surface area is 202 Å². The summed E-state index contributed by atoms with van der Waals surface area (Å²) >= 11 is 0. The lowest BCUT2D eigenvalue weighted by Gasteiger charge is -2.32. The van der Waals surface area contributed by atoms with Crippen LogP contribution in [0.3, 0.4) is 0 Å². The smallest absolute Gasteiger partial charge is 0.444 e. The first-order chi connectivity index (χ1) is 15.7. The van der Waals surface area contributed by atoms with E-state index in [1.165, 1.54) is 12.1 Å². The Morgan fingerprint density at radius 1 is 1.15 bits per heavy atom. The molecule has 9 heteroatoms. The number of nitrogens with one attached hydrogen (secondary N) is 1. The Bertz CT molecular complexity index is 891. The Balaban J connectivity index is 1.57. The highest BCUT2D eigenvalue weighted by Gasteiger charge is 2.52. The van der Waals surface area contributed by atoms with Crippen LogP contribution in [0.5, 0.6) is 0 Å². The van der Waals surface area contributed by atoms with Crippen LogP contribution in [0, 0.1) is 11.7 Å². The molecule has 2 saturated heterocycles. The summed E-state index contributed by atoms with van der Waals surface area (Å²) in [7, 11) is -0.655. The van der Waals surface area contributed by atoms with Crippen molar-refractivity contribution in [3.63, 3.8) is 0 Å². The summed E-state index contributed by atoms with van der Waals surface area (Å²) in [5, 5.41) is 2.82. The fourth-order valence-corrected chi connectivity index (χ4v) is 4.13. The fourth-order valence-electron chi connectivity index (χ4n) is 4.13. The Morgan fingerprint density at radius 2 is 1.74 bits per heavy atom. The molecule has 0 saturated carbocycles. The number of piperidine rings is 1. The third-order valence-electron chi connectivity index (χ3n) is 6.86. The Kier molecular flexibility index (Phi) is 7.68. The highest BCUT2D eigenvalue weighted by molar-refractivity contribution is 6.62. The van der Waals surface area contributed by atoms with E-state index in [0.717, 1.165) is 12.8 Å². The lowest BCUT2D eigenvalue weighted by molar-refractivity contribution is -0.131. The number of benzene rings is 1. The van der Waals surface area contributed by atoms with Crippen molar-refractivity contribution in [2.75, 3.05) is 19.6 Å². The van der Waals surface area contributed by atoms with Crippen molar-refractivity contribution >= 4 is 24.6 Å². The van der Waals surface area contributed by atoms with Gasteiger partial charge in [-0.3, -0.25) is 4.79 Å². The highest BCUT2D eigenvalue weighted by atomic mass is 19.1. The molecule has 0 bridgehead atoms. The fraction of sp³-hybridized carbons (Fsp3) is 0.680. The maximum Gasteiger partial charge on any atom is 0.495 e. The molecule has 0 unspecified atom stereocenters. The second kappa shape index (κ2) is 9.86. The van der Waals surface area contributed by atoms with E-state index < -0.39 is 35.8 Å². The topological polar surface area (TPSA) is 77.1 Å². The quantitative estimate of drug-likeness (QED) is 0.660. The van der Waals surface area contributed by atoms with Gasteiger partial charge in [0.25, 0.3) is 0 Å². The minimum atomic E-state index is -0.655. The number of halogens is 1. The number of hydrogen-bond donors (Lipinski definition) is 1. The predicted octanol–water partition coefficient (Wildman–Crippen LogP) is 3.43. The van der Waals surface area contributed by atoms with E-state index in [9.17, 15) is 14.0 Å². The van der Waals surface area contributed by atoms with Gasteiger partial charge >= 0.3 is 13.2 Å². The Morgan fingerprint density at radius 3 is 2.29 bits per heavy atom. The summed E-state index contributed by atoms with van der Waals surface area (Å²) in [5.74, 6) is -0.164. The minimum absolute atomic E-state index is 0.0538. The van der Waals surface area contributed by atoms with Gasteiger partial charge in [-0.15, -0.1) is 0 Å². The van der Waals surface area contributed by atoms with E-state index in [4.69, 9.17) is 14.0 Å². The van der Waals surface area contributed by atoms with Crippen molar-refractivity contribution in [3.8, 4) is 0 Å². The van der Waals surface area contributed by atoms with E-state index in [1.54, 1.807) is 6.07 Å². The monoisotopic (exact) mass is 476 g/mol. The van der Waals surface area contributed by atoms with Crippen molar-refractivity contribution in [3.05, 3.63) is 29.6 Å². The maximum absolute atomic E-state index is 14.1. The third-order valence-corrected chi connectivity index (χ3v) is 6.86. The SMILES string of the molecule is CC(C)(C)OC(=O)NCC1CCN(C(=O)Cc2cc(F)ccc2B2OC(C)(C)C(C)(C)O2)CC1. The third kappa shape index (κ3) is 6.51. The number of hydrogen-bond acceptors (Lipinski definition) is 5. The maximum atomic E-state index is 14.1. The average Bonchev–Trinajstić information content (AvgIpc) is 2.92. The van der Waals surface area contributed by atoms with Crippen LogP contribution in [0.4, 0.5) is 9.18 Å². The second-order valence-corrected chi connectivity index (χ2v) is 11.3. The van der Waals surface area contributed by atoms with Crippen LogP contribution in [0.15, 0.2) is 18.2 Å². The molecule has 2 aliphatic heterocycles. The van der Waals surface area contributed by atoms with Gasteiger partial charge in [-0.2, -0.15) is 0 Å². The molecule has 0 spiro atoms. The lowest BCUT2D eigenvalue weighted by Crippen LogP contribution is -2.44. The first kappa shape index (κ1) is 26.5. The molecule has 0 atom stereocenters. The van der Waals surface area contributed by atoms with Gasteiger partial charge in [0.15, 0.2) is 0 Å². The molecule has 188 valence electrons. The summed E-state index contributed by atoms with van der Waals surface area (Å²) in [5.41, 5.74) is -0.317. The molecule has 0 aromatic heterocycles. The summed E-state index contributed by atoms with van der Waals surface area (Å²) in [6, 6.07) is 4.42. The van der Waals surface area contributed by atoms with Crippen molar-refractivity contribution in [1.82, 2.24) is 10.2 Å². The van der Waals surface area contributed by atoms with Crippen LogP contribution in [0.25, 0.3) is 0 Å². The van der Waals surface area contributed by atoms with E-state index in [0.29, 0.717) is 30.7 Å². The van der Waals surface area contributed by atoms with Crippen LogP contribution >= 0.6 is 0 Å². The number of rotatable bonds is 5. The summed E-state index contributed by atoms with van der Waals surface area (Å²) < 4.78 is 31.6. The van der Waals surface area contributed by atoms with Crippen molar-refractivity contribution in [1.29, 1.82) is 0 Å². The normalized spacial score (nSPS) is 20.4. The van der Waals surface area contributed by atoms with E-state index in [-0.39, 0.29) is 18.2 Å². The zero-order valence-corrected chi connectivity index (χ0v) is 21.5. The van der Waals surface area contributed by atoms with Gasteiger partial charge in [-0.25, -0.2) is 9.18 Å². The molecule has 1 aromatic rings. The van der Waals surface area contributed by atoms with Gasteiger partial charge in [-0.1, -0.05) is 6.07 Å². The zero-order valence-electron chi connectivity index (χ0n) is 21.5. The molecule has 2 amide bonds. The van der Waals surface area contributed by atoms with Crippen LogP contribution in [0.2, 0.25) is 0 Å². The summed E-state index contributed by atoms with van der Waals surface area (Å²) in [4.78, 5) is 26.7. The summed E-state index contributed by atoms with van der Waals surface area (Å²) in [6.45, 7) is 15.0. The van der Waals surface area contributed by atoms with Crippen molar-refractivity contribution in [2.45, 2.75) is 84.5 Å². The van der Waals surface area contributed by atoms with Crippen LogP contribution in [-0.2, 0) is 25.3 Å². The average molecular weight is 476 g/mol. The van der Waals surface area contributed by atoms with E-state index in [1.807, 2.05) is 53.4 Å². The Hall–Kier alpha value is -2.13. The standard InChI is InChI=1S/C25H38BFN2O5/c1-23(2,3)32-22(31)28-16-17-10-12-29(13-11-17)21(30)15-18-14-19(27)8-9-20(18)26-33-24(4,5)25(6,7)34-26/h8-9,14,17H,10-13,15-16H2,1-7H3,(H,28,31). The van der Waals surface area contributed by atoms with Crippen LogP contribution < -0.4 is 10.8 Å². The number of carbonyl (C=O) groups is 2. The number of alkyl carbamates (subject to hydrolysis) is 1. The molecule has 1 aromatic carbocycles. The predicted molar refractivity (Wildman–Crippen MR) is 129 cm³/mol. The van der Waals surface area contributed by atoms with Gasteiger partial charge in [-0.05, 0) is 90.4 Å². The van der Waals surface area contributed by atoms with Gasteiger partial charge in [0.2, 0.25) is 5.91 Å². The van der Waals surface area contributed by atoms with Crippen molar-refractivity contribution in [2.24, 2.45) is 5.92 Å². The number of carbonyl (C=O) groups excluding carboxylic acids is 2. The first-order valence-corrected chi connectivity index (χ1v) is 12.1. The number of nitrogens with zero attached hydrogens (tertiary/aromatic N) is 1. The van der Waals surface area contributed by atoms with Crippen LogP contribution in [0.1, 0.15) is 66.9 Å². The van der Waals surface area contributed by atoms with E-state index >= 15 is 0 Å². The molecular formula is C25H38BFN2O5. The molecule has 34 heavy (non-hydrogen) atoms. The molecule has 2 heterocycles. The second-order valence-electron chi connectivity index (χ2n) is 11.3. The number of amides is 2. The summed E-state index contributed by atoms with van der Waals surface area (Å²) in [6.07, 6.45) is 1.23. The zero-order chi connectivity index (χ0) is 25.3. The molecule has 2 fully saturated rings. The number of likely N-dealkylation sites (tertiary alicyclic amines) is 1. The first-order valence-electron chi connectivity index (χ1n) is 12.1. The van der Waals surface area contributed by atoms with Gasteiger partial charge < -0.3 is 24.3 Å². The van der Waals surface area contributed by atoms with Crippen LogP contribution in [-0.4, -0.2) is 60.5 Å². The lowest BCUT2D eigenvalue weighted by atomic mass is 9.75.